The van der Waals surface area contributed by atoms with Gasteiger partial charge in [0.15, 0.2) is 5.92 Å². The number of hydrogen-bond acceptors (Lipinski definition) is 8. The second-order valence-electron chi connectivity index (χ2n) is 7.49. The minimum absolute atomic E-state index is 0.131. The molecule has 0 radical (unpaired) electrons. The van der Waals surface area contributed by atoms with Crippen LogP contribution in [0.2, 0.25) is 0 Å². The molecule has 27 heavy (non-hydrogen) atoms. The van der Waals surface area contributed by atoms with E-state index in [2.05, 4.69) is 0 Å². The van der Waals surface area contributed by atoms with Crippen LogP contribution in [0.3, 0.4) is 0 Å². The number of esters is 3. The van der Waals surface area contributed by atoms with Crippen LogP contribution in [0.15, 0.2) is 0 Å². The third kappa shape index (κ3) is 4.90. The summed E-state index contributed by atoms with van der Waals surface area (Å²) in [5.41, 5.74) is -2.22. The molecule has 1 heterocycles. The van der Waals surface area contributed by atoms with E-state index >= 15 is 0 Å². The van der Waals surface area contributed by atoms with Gasteiger partial charge in [0.1, 0.15) is 11.6 Å². The van der Waals surface area contributed by atoms with Crippen molar-refractivity contribution < 1.29 is 38.1 Å². The Kier molecular flexibility index (Phi) is 7.22. The third-order valence-electron chi connectivity index (χ3n) is 4.43. The van der Waals surface area contributed by atoms with Crippen LogP contribution in [0.5, 0.6) is 0 Å². The molecule has 0 bridgehead atoms. The zero-order chi connectivity index (χ0) is 21.0. The van der Waals surface area contributed by atoms with Gasteiger partial charge in [-0.25, -0.2) is 9.59 Å². The van der Waals surface area contributed by atoms with Crippen molar-refractivity contribution in [1.29, 1.82) is 0 Å². The average molecular weight is 387 g/mol. The molecular weight excluding hydrogens is 358 g/mol. The molecule has 1 amide bonds. The van der Waals surface area contributed by atoms with Crippen LogP contribution in [0, 0.1) is 5.92 Å². The monoisotopic (exact) mass is 387 g/mol. The maximum atomic E-state index is 12.9. The summed E-state index contributed by atoms with van der Waals surface area (Å²) in [5, 5.41) is 0. The van der Waals surface area contributed by atoms with Gasteiger partial charge < -0.3 is 18.9 Å². The van der Waals surface area contributed by atoms with Crippen molar-refractivity contribution in [3.63, 3.8) is 0 Å². The highest BCUT2D eigenvalue weighted by Gasteiger charge is 2.59. The zero-order valence-electron chi connectivity index (χ0n) is 17.0. The summed E-state index contributed by atoms with van der Waals surface area (Å²) in [5.74, 6) is -3.77. The number of nitrogens with zero attached hydrogens (tertiary/aromatic N) is 1. The highest BCUT2D eigenvalue weighted by Crippen LogP contribution is 2.42. The molecular formula is C18H29NO8. The van der Waals surface area contributed by atoms with E-state index in [9.17, 15) is 19.2 Å². The van der Waals surface area contributed by atoms with Gasteiger partial charge in [-0.15, -0.1) is 0 Å². The zero-order valence-corrected chi connectivity index (χ0v) is 17.0. The van der Waals surface area contributed by atoms with E-state index in [1.807, 2.05) is 0 Å². The summed E-state index contributed by atoms with van der Waals surface area (Å²) in [6.45, 7) is 8.34. The first kappa shape index (κ1) is 22.7. The summed E-state index contributed by atoms with van der Waals surface area (Å²) in [4.78, 5) is 51.1. The Hall–Kier alpha value is -2.32. The Labute approximate surface area is 159 Å². The molecule has 0 aromatic rings. The van der Waals surface area contributed by atoms with Crippen molar-refractivity contribution in [2.75, 3.05) is 20.8 Å². The van der Waals surface area contributed by atoms with E-state index in [1.165, 1.54) is 6.92 Å². The molecule has 1 saturated heterocycles. The van der Waals surface area contributed by atoms with Gasteiger partial charge in [-0.2, -0.15) is 0 Å². The van der Waals surface area contributed by atoms with Crippen molar-refractivity contribution >= 4 is 24.0 Å². The molecule has 2 atom stereocenters. The van der Waals surface area contributed by atoms with Gasteiger partial charge >= 0.3 is 24.0 Å². The molecule has 0 aromatic carbocycles. The topological polar surface area (TPSA) is 108 Å². The Bertz CT molecular complexity index is 581. The maximum Gasteiger partial charge on any atom is 0.411 e. The molecule has 1 unspecified atom stereocenters. The highest BCUT2D eigenvalue weighted by atomic mass is 16.6. The molecule has 0 aliphatic carbocycles. The molecule has 1 rings (SSSR count). The first-order valence-electron chi connectivity index (χ1n) is 8.77. The van der Waals surface area contributed by atoms with Crippen LogP contribution in [0.1, 0.15) is 47.5 Å². The lowest BCUT2D eigenvalue weighted by Crippen LogP contribution is -2.60. The quantitative estimate of drug-likeness (QED) is 0.398. The van der Waals surface area contributed by atoms with Crippen molar-refractivity contribution in [2.24, 2.45) is 5.92 Å². The van der Waals surface area contributed by atoms with E-state index in [-0.39, 0.29) is 19.4 Å². The predicted octanol–water partition coefficient (Wildman–Crippen LogP) is 1.67. The smallest absolute Gasteiger partial charge is 0.411 e. The van der Waals surface area contributed by atoms with Gasteiger partial charge in [-0.1, -0.05) is 0 Å². The molecule has 9 heteroatoms. The van der Waals surface area contributed by atoms with Crippen LogP contribution in [0.4, 0.5) is 4.79 Å². The summed E-state index contributed by atoms with van der Waals surface area (Å²) >= 11 is 0. The van der Waals surface area contributed by atoms with Crippen LogP contribution in [-0.2, 0) is 33.3 Å². The predicted molar refractivity (Wildman–Crippen MR) is 93.7 cm³/mol. The maximum absolute atomic E-state index is 12.9. The van der Waals surface area contributed by atoms with E-state index in [1.54, 1.807) is 27.7 Å². The number of ether oxygens (including phenoxy) is 4. The summed E-state index contributed by atoms with van der Waals surface area (Å²) < 4.78 is 20.0. The molecule has 9 nitrogen and oxygen atoms in total. The second kappa shape index (κ2) is 8.58. The van der Waals surface area contributed by atoms with Crippen LogP contribution in [0.25, 0.3) is 0 Å². The van der Waals surface area contributed by atoms with E-state index in [4.69, 9.17) is 18.9 Å². The van der Waals surface area contributed by atoms with E-state index < -0.39 is 47.1 Å². The Morgan fingerprint density at radius 2 is 1.63 bits per heavy atom. The van der Waals surface area contributed by atoms with Crippen molar-refractivity contribution in [2.45, 2.75) is 64.6 Å². The molecule has 1 aliphatic rings. The second-order valence-corrected chi connectivity index (χ2v) is 7.49. The van der Waals surface area contributed by atoms with Gasteiger partial charge in [-0.3, -0.25) is 14.5 Å². The minimum Gasteiger partial charge on any atom is -0.468 e. The fourth-order valence-corrected chi connectivity index (χ4v) is 3.27. The molecule has 1 aliphatic heterocycles. The van der Waals surface area contributed by atoms with Crippen LogP contribution < -0.4 is 0 Å². The largest absolute Gasteiger partial charge is 0.468 e. The SMILES string of the molecule is CCOC(=O)[C@@H]1CCC(C)(C(C(=O)OC)C(=O)OC)N1C(=O)OC(C)(C)C. The van der Waals surface area contributed by atoms with Gasteiger partial charge in [0.05, 0.1) is 26.4 Å². The van der Waals surface area contributed by atoms with Gasteiger partial charge in [0.25, 0.3) is 0 Å². The molecule has 0 spiro atoms. The number of amides is 1. The van der Waals surface area contributed by atoms with Gasteiger partial charge in [0, 0.05) is 0 Å². The summed E-state index contributed by atoms with van der Waals surface area (Å²) in [7, 11) is 2.27. The number of carbonyl (C=O) groups is 4. The number of rotatable bonds is 5. The van der Waals surface area contributed by atoms with Gasteiger partial charge in [0.2, 0.25) is 0 Å². The van der Waals surface area contributed by atoms with E-state index in [0.717, 1.165) is 19.1 Å². The van der Waals surface area contributed by atoms with Crippen LogP contribution in [-0.4, -0.2) is 66.9 Å². The van der Waals surface area contributed by atoms with Crippen LogP contribution >= 0.6 is 0 Å². The molecule has 0 N–H and O–H groups in total. The normalized spacial score (nSPS) is 22.4. The lowest BCUT2D eigenvalue weighted by Gasteiger charge is -2.41. The standard InChI is InChI=1S/C18H29NO8/c1-8-26-13(20)11-9-10-18(5,12(14(21)24-6)15(22)25-7)19(11)16(23)27-17(2,3)4/h11-12H,8-10H2,1-7H3/t11-,18?/m0/s1. The number of likely N-dealkylation sites (tertiary alicyclic amines) is 1. The molecule has 0 saturated carbocycles. The lowest BCUT2D eigenvalue weighted by molar-refractivity contribution is -0.167. The van der Waals surface area contributed by atoms with Crippen molar-refractivity contribution in [3.05, 3.63) is 0 Å². The van der Waals surface area contributed by atoms with Gasteiger partial charge in [-0.05, 0) is 47.5 Å². The average Bonchev–Trinajstić information content (AvgIpc) is 2.91. The molecule has 154 valence electrons. The lowest BCUT2D eigenvalue weighted by atomic mass is 9.83. The number of methoxy groups -OCH3 is 2. The summed E-state index contributed by atoms with van der Waals surface area (Å²) in [6.07, 6.45) is -0.428. The highest BCUT2D eigenvalue weighted by molar-refractivity contribution is 5.97. The first-order valence-corrected chi connectivity index (χ1v) is 8.77. The first-order chi connectivity index (χ1) is 12.4. The number of carbonyl (C=O) groups excluding carboxylic acids is 4. The summed E-state index contributed by atoms with van der Waals surface area (Å²) in [6, 6.07) is -0.985. The Balaban J connectivity index is 3.42. The number of hydrogen-bond donors (Lipinski definition) is 0. The molecule has 0 aromatic heterocycles. The van der Waals surface area contributed by atoms with Crippen molar-refractivity contribution in [1.82, 2.24) is 4.90 Å². The van der Waals surface area contributed by atoms with Crippen molar-refractivity contribution in [3.8, 4) is 0 Å². The third-order valence-corrected chi connectivity index (χ3v) is 4.43. The Morgan fingerprint density at radius 1 is 1.11 bits per heavy atom. The van der Waals surface area contributed by atoms with E-state index in [0.29, 0.717) is 0 Å². The fraction of sp³-hybridized carbons (Fsp3) is 0.778. The molecule has 1 fully saturated rings. The minimum atomic E-state index is -1.43. The Morgan fingerprint density at radius 3 is 2.04 bits per heavy atom. The fourth-order valence-electron chi connectivity index (χ4n) is 3.27.